The van der Waals surface area contributed by atoms with Gasteiger partial charge in [-0.2, -0.15) is 0 Å². The number of allylic oxidation sites excluding steroid dienone is 4. The number of hydrogen-bond acceptors (Lipinski definition) is 3. The van der Waals surface area contributed by atoms with E-state index < -0.39 is 5.97 Å². The van der Waals surface area contributed by atoms with Gasteiger partial charge in [-0.25, -0.2) is 0 Å². The van der Waals surface area contributed by atoms with E-state index in [1.165, 1.54) is 5.57 Å². The van der Waals surface area contributed by atoms with E-state index in [0.717, 1.165) is 59.0 Å². The second-order valence-electron chi connectivity index (χ2n) is 10.3. The number of rotatable bonds is 8. The van der Waals surface area contributed by atoms with E-state index >= 15 is 0 Å². The molecule has 0 bridgehead atoms. The molecular formula is C32H36N2O3. The number of aryl methyl sites for hydroxylation is 1. The Balaban J connectivity index is 1.47. The number of nitrogens with one attached hydrogen (secondary N) is 1. The first-order valence-corrected chi connectivity index (χ1v) is 13.1. The fourth-order valence-electron chi connectivity index (χ4n) is 5.23. The van der Waals surface area contributed by atoms with Crippen molar-refractivity contribution >= 4 is 28.4 Å². The molecule has 192 valence electrons. The van der Waals surface area contributed by atoms with Crippen molar-refractivity contribution in [2.24, 2.45) is 11.8 Å². The van der Waals surface area contributed by atoms with Crippen molar-refractivity contribution in [3.05, 3.63) is 94.7 Å². The number of fused-ring (bicyclic) bond motifs is 1. The Labute approximate surface area is 219 Å². The summed E-state index contributed by atoms with van der Waals surface area (Å²) in [6, 6.07) is 17.8. The maximum Gasteiger partial charge on any atom is 0.303 e. The fourth-order valence-corrected chi connectivity index (χ4v) is 5.23. The van der Waals surface area contributed by atoms with Crippen LogP contribution >= 0.6 is 0 Å². The highest BCUT2D eigenvalue weighted by molar-refractivity contribution is 6.06. The molecule has 1 aliphatic carbocycles. The summed E-state index contributed by atoms with van der Waals surface area (Å²) in [6.45, 7) is 6.67. The van der Waals surface area contributed by atoms with Gasteiger partial charge in [0.15, 0.2) is 0 Å². The minimum absolute atomic E-state index is 0.101. The Morgan fingerprint density at radius 3 is 2.43 bits per heavy atom. The maximum atomic E-state index is 13.0. The molecule has 0 saturated heterocycles. The Bertz CT molecular complexity index is 1330. The highest BCUT2D eigenvalue weighted by atomic mass is 16.4. The lowest BCUT2D eigenvalue weighted by Gasteiger charge is -2.28. The quantitative estimate of drug-likeness (QED) is 0.326. The summed E-state index contributed by atoms with van der Waals surface area (Å²) in [6.07, 6.45) is 8.74. The number of aliphatic carboxylic acids is 1. The van der Waals surface area contributed by atoms with Gasteiger partial charge in [0.1, 0.15) is 0 Å². The first kappa shape index (κ1) is 26.3. The lowest BCUT2D eigenvalue weighted by molar-refractivity contribution is -0.138. The molecule has 1 amide bonds. The molecule has 0 radical (unpaired) electrons. The third-order valence-corrected chi connectivity index (χ3v) is 7.48. The number of aromatic nitrogens is 1. The summed E-state index contributed by atoms with van der Waals surface area (Å²) < 4.78 is 0. The van der Waals surface area contributed by atoms with E-state index in [-0.39, 0.29) is 5.91 Å². The zero-order valence-corrected chi connectivity index (χ0v) is 22.0. The molecule has 1 aliphatic rings. The van der Waals surface area contributed by atoms with Gasteiger partial charge in [-0.3, -0.25) is 14.6 Å². The third kappa shape index (κ3) is 6.94. The van der Waals surface area contributed by atoms with Crippen molar-refractivity contribution < 1.29 is 14.7 Å². The molecule has 3 aromatic rings. The summed E-state index contributed by atoms with van der Waals surface area (Å²) in [5.41, 5.74) is 6.89. The van der Waals surface area contributed by atoms with Gasteiger partial charge in [0.25, 0.3) is 5.91 Å². The topological polar surface area (TPSA) is 79.3 Å². The van der Waals surface area contributed by atoms with Gasteiger partial charge >= 0.3 is 5.97 Å². The lowest BCUT2D eigenvalue weighted by atomic mass is 9.77. The Morgan fingerprint density at radius 1 is 1.00 bits per heavy atom. The van der Waals surface area contributed by atoms with E-state index in [1.54, 1.807) is 0 Å². The van der Waals surface area contributed by atoms with Crippen molar-refractivity contribution in [1.82, 2.24) is 10.3 Å². The van der Waals surface area contributed by atoms with Crippen LogP contribution in [0.2, 0.25) is 0 Å². The monoisotopic (exact) mass is 496 g/mol. The SMILES string of the molecule is CC(=CC=C(C)C1CCC(CC(=O)O)CC1)c1ccc2c(C(=O)NCc3ccccc3)cc(C)nc2c1. The van der Waals surface area contributed by atoms with Gasteiger partial charge in [-0.15, -0.1) is 0 Å². The van der Waals surface area contributed by atoms with Gasteiger partial charge in [0, 0.05) is 24.0 Å². The molecule has 5 nitrogen and oxygen atoms in total. The van der Waals surface area contributed by atoms with Crippen molar-refractivity contribution in [3.63, 3.8) is 0 Å². The molecule has 4 rings (SSSR count). The van der Waals surface area contributed by atoms with E-state index in [1.807, 2.05) is 49.4 Å². The van der Waals surface area contributed by atoms with Crippen molar-refractivity contribution in [2.75, 3.05) is 0 Å². The summed E-state index contributed by atoms with van der Waals surface area (Å²) >= 11 is 0. The number of carboxylic acid groups (broad SMARTS) is 1. The first-order valence-electron chi connectivity index (χ1n) is 13.1. The zero-order valence-electron chi connectivity index (χ0n) is 22.0. The Morgan fingerprint density at radius 2 is 1.73 bits per heavy atom. The van der Waals surface area contributed by atoms with E-state index in [9.17, 15) is 9.59 Å². The molecule has 0 aliphatic heterocycles. The third-order valence-electron chi connectivity index (χ3n) is 7.48. The normalized spacial score (nSPS) is 18.6. The zero-order chi connectivity index (χ0) is 26.4. The summed E-state index contributed by atoms with van der Waals surface area (Å²) in [5, 5.41) is 12.9. The lowest BCUT2D eigenvalue weighted by Crippen LogP contribution is -2.23. The molecule has 1 aromatic heterocycles. The van der Waals surface area contributed by atoms with Crippen LogP contribution in [0.5, 0.6) is 0 Å². The van der Waals surface area contributed by atoms with Crippen LogP contribution in [-0.4, -0.2) is 22.0 Å². The predicted octanol–water partition coefficient (Wildman–Crippen LogP) is 7.10. The summed E-state index contributed by atoms with van der Waals surface area (Å²) in [4.78, 5) is 28.7. The second kappa shape index (κ2) is 12.0. The largest absolute Gasteiger partial charge is 0.481 e. The van der Waals surface area contributed by atoms with E-state index in [2.05, 4.69) is 43.4 Å². The maximum absolute atomic E-state index is 13.0. The minimum atomic E-state index is -0.686. The molecule has 1 fully saturated rings. The number of carbonyl (C=O) groups excluding carboxylic acids is 1. The molecule has 2 aromatic carbocycles. The molecule has 5 heteroatoms. The molecule has 0 unspecified atom stereocenters. The van der Waals surface area contributed by atoms with Crippen LogP contribution < -0.4 is 5.32 Å². The average molecular weight is 497 g/mol. The first-order chi connectivity index (χ1) is 17.8. The number of carbonyl (C=O) groups is 2. The minimum Gasteiger partial charge on any atom is -0.481 e. The molecule has 0 atom stereocenters. The number of pyridine rings is 1. The van der Waals surface area contributed by atoms with Crippen LogP contribution in [0.1, 0.15) is 73.1 Å². The standard InChI is InChI=1S/C32H36N2O3/c1-21(26-13-11-24(12-14-26)18-31(35)36)9-10-22(2)27-15-16-28-29(17-23(3)34-30(28)19-27)32(37)33-20-25-7-5-4-6-8-25/h4-10,15-17,19,24,26H,11-14,18,20H2,1-3H3,(H,33,37)(H,35,36). The summed E-state index contributed by atoms with van der Waals surface area (Å²) in [5.74, 6) is 0.0509. The van der Waals surface area contributed by atoms with Gasteiger partial charge in [0.05, 0.1) is 11.1 Å². The van der Waals surface area contributed by atoms with Crippen LogP contribution in [0.25, 0.3) is 16.5 Å². The summed E-state index contributed by atoms with van der Waals surface area (Å²) in [7, 11) is 0. The number of carboxylic acids is 1. The van der Waals surface area contributed by atoms with Crippen LogP contribution in [0, 0.1) is 18.8 Å². The van der Waals surface area contributed by atoms with Gasteiger partial charge in [0.2, 0.25) is 0 Å². The number of hydrogen-bond donors (Lipinski definition) is 2. The smallest absolute Gasteiger partial charge is 0.303 e. The van der Waals surface area contributed by atoms with Crippen molar-refractivity contribution in [3.8, 4) is 0 Å². The number of amides is 1. The fraction of sp³-hybridized carbons (Fsp3) is 0.344. The molecule has 1 saturated carbocycles. The van der Waals surface area contributed by atoms with Crippen LogP contribution in [-0.2, 0) is 11.3 Å². The molecular weight excluding hydrogens is 460 g/mol. The molecule has 1 heterocycles. The molecule has 0 spiro atoms. The van der Waals surface area contributed by atoms with Crippen LogP contribution in [0.3, 0.4) is 0 Å². The Kier molecular flexibility index (Phi) is 8.54. The van der Waals surface area contributed by atoms with Crippen molar-refractivity contribution in [1.29, 1.82) is 0 Å². The molecule has 37 heavy (non-hydrogen) atoms. The Hall–Kier alpha value is -3.73. The number of benzene rings is 2. The highest BCUT2D eigenvalue weighted by Gasteiger charge is 2.23. The average Bonchev–Trinajstić information content (AvgIpc) is 2.90. The second-order valence-corrected chi connectivity index (χ2v) is 10.3. The van der Waals surface area contributed by atoms with Gasteiger partial charge < -0.3 is 10.4 Å². The predicted molar refractivity (Wildman–Crippen MR) is 149 cm³/mol. The van der Waals surface area contributed by atoms with Gasteiger partial charge in [-0.05, 0) is 87.1 Å². The van der Waals surface area contributed by atoms with E-state index in [4.69, 9.17) is 10.1 Å². The highest BCUT2D eigenvalue weighted by Crippen LogP contribution is 2.35. The van der Waals surface area contributed by atoms with Crippen molar-refractivity contribution in [2.45, 2.75) is 59.4 Å². The van der Waals surface area contributed by atoms with Crippen LogP contribution in [0.4, 0.5) is 0 Å². The van der Waals surface area contributed by atoms with Crippen LogP contribution in [0.15, 0.2) is 72.3 Å². The molecule has 2 N–H and O–H groups in total. The number of nitrogens with zero attached hydrogens (tertiary/aromatic N) is 1. The van der Waals surface area contributed by atoms with Gasteiger partial charge in [-0.1, -0.05) is 60.2 Å². The van der Waals surface area contributed by atoms with E-state index in [0.29, 0.717) is 30.4 Å².